The van der Waals surface area contributed by atoms with Crippen molar-refractivity contribution in [2.75, 3.05) is 13.7 Å². The van der Waals surface area contributed by atoms with Gasteiger partial charge in [-0.1, -0.05) is 6.92 Å². The lowest BCUT2D eigenvalue weighted by atomic mass is 9.62. The number of pyridine rings is 1. The third-order valence-corrected chi connectivity index (χ3v) is 6.25. The van der Waals surface area contributed by atoms with E-state index in [2.05, 4.69) is 13.8 Å². The highest BCUT2D eigenvalue weighted by Crippen LogP contribution is 2.58. The smallest absolute Gasteiger partial charge is 0.343 e. The Kier molecular flexibility index (Phi) is 3.24. The summed E-state index contributed by atoms with van der Waals surface area (Å²) >= 11 is 0. The minimum atomic E-state index is -0.386. The molecule has 0 atom stereocenters. The summed E-state index contributed by atoms with van der Waals surface area (Å²) in [6.45, 7) is 5.09. The molecule has 0 aromatic carbocycles. The molecule has 0 unspecified atom stereocenters. The Hall–Kier alpha value is -2.08. The molecular formula is C20H24N2O4. The van der Waals surface area contributed by atoms with E-state index in [-0.39, 0.29) is 23.1 Å². The second-order valence-corrected chi connectivity index (χ2v) is 8.62. The Labute approximate surface area is 152 Å². The summed E-state index contributed by atoms with van der Waals surface area (Å²) < 4.78 is 18.9. The van der Waals surface area contributed by atoms with Crippen LogP contribution in [0.3, 0.4) is 0 Å². The minimum Gasteiger partial charge on any atom is -0.489 e. The van der Waals surface area contributed by atoms with E-state index in [0.29, 0.717) is 17.2 Å². The van der Waals surface area contributed by atoms with Gasteiger partial charge in [0, 0.05) is 23.9 Å². The maximum Gasteiger partial charge on any atom is 0.343 e. The van der Waals surface area contributed by atoms with Crippen molar-refractivity contribution >= 4 is 11.6 Å². The van der Waals surface area contributed by atoms with E-state index in [0.717, 1.165) is 43.6 Å². The van der Waals surface area contributed by atoms with Crippen LogP contribution >= 0.6 is 0 Å². The van der Waals surface area contributed by atoms with E-state index in [1.807, 2.05) is 16.7 Å². The van der Waals surface area contributed by atoms with E-state index in [9.17, 15) is 4.79 Å². The number of aromatic nitrogens is 2. The van der Waals surface area contributed by atoms with Crippen LogP contribution in [0, 0.1) is 5.92 Å². The van der Waals surface area contributed by atoms with Crippen LogP contribution in [-0.2, 0) is 14.9 Å². The number of carbonyl (C=O) groups is 1. The third kappa shape index (κ3) is 2.28. The third-order valence-electron chi connectivity index (χ3n) is 6.25. The van der Waals surface area contributed by atoms with Crippen molar-refractivity contribution in [2.24, 2.45) is 5.92 Å². The fraction of sp³-hybridized carbons (Fsp3) is 0.600. The minimum absolute atomic E-state index is 0.0160. The van der Waals surface area contributed by atoms with Gasteiger partial charge in [-0.05, 0) is 38.5 Å². The van der Waals surface area contributed by atoms with Crippen LogP contribution in [0.5, 0.6) is 5.75 Å². The van der Waals surface area contributed by atoms with Gasteiger partial charge in [0.2, 0.25) is 0 Å². The molecule has 2 saturated heterocycles. The zero-order valence-electron chi connectivity index (χ0n) is 15.4. The first kappa shape index (κ1) is 16.1. The number of ether oxygens (including phenoxy) is 3. The van der Waals surface area contributed by atoms with Crippen LogP contribution in [0.25, 0.3) is 5.65 Å². The molecule has 2 saturated carbocycles. The highest BCUT2D eigenvalue weighted by atomic mass is 16.5. The molecule has 4 aliphatic rings. The second kappa shape index (κ2) is 5.22. The Balaban J connectivity index is 1.52. The van der Waals surface area contributed by atoms with E-state index in [1.54, 1.807) is 6.20 Å². The largest absolute Gasteiger partial charge is 0.489 e. The molecule has 0 radical (unpaired) electrons. The molecule has 2 aromatic heterocycles. The number of esters is 1. The van der Waals surface area contributed by atoms with Crippen molar-refractivity contribution in [3.63, 3.8) is 0 Å². The van der Waals surface area contributed by atoms with Crippen molar-refractivity contribution in [3.05, 3.63) is 29.7 Å². The first-order valence-corrected chi connectivity index (χ1v) is 9.32. The molecule has 26 heavy (non-hydrogen) atoms. The summed E-state index contributed by atoms with van der Waals surface area (Å²) in [5.74, 6) is 0.859. The van der Waals surface area contributed by atoms with Gasteiger partial charge in [0.05, 0.1) is 31.1 Å². The van der Waals surface area contributed by atoms with Crippen LogP contribution in [0.1, 0.15) is 55.6 Å². The SMILES string of the molecule is COC(=O)c1cn2cc(C34COC(C)(C3)C4)nc2cc1OC1CC(C)C1. The van der Waals surface area contributed by atoms with Crippen LogP contribution in [0.2, 0.25) is 0 Å². The monoisotopic (exact) mass is 356 g/mol. The Morgan fingerprint density at radius 3 is 2.73 bits per heavy atom. The second-order valence-electron chi connectivity index (χ2n) is 8.62. The van der Waals surface area contributed by atoms with E-state index in [4.69, 9.17) is 19.2 Å². The molecule has 6 rings (SSSR count). The molecule has 0 amide bonds. The molecule has 4 heterocycles. The van der Waals surface area contributed by atoms with E-state index < -0.39 is 0 Å². The Bertz CT molecular complexity index is 891. The molecule has 138 valence electrons. The topological polar surface area (TPSA) is 62.1 Å². The number of imidazole rings is 1. The van der Waals surface area contributed by atoms with Gasteiger partial charge in [0.15, 0.2) is 0 Å². The van der Waals surface area contributed by atoms with Gasteiger partial charge < -0.3 is 18.6 Å². The number of nitrogens with zero attached hydrogens (tertiary/aromatic N) is 2. The number of methoxy groups -OCH3 is 1. The van der Waals surface area contributed by atoms with E-state index >= 15 is 0 Å². The summed E-state index contributed by atoms with van der Waals surface area (Å²) in [7, 11) is 1.39. The first-order chi connectivity index (χ1) is 12.4. The van der Waals surface area contributed by atoms with Gasteiger partial charge in [0.1, 0.15) is 17.0 Å². The Morgan fingerprint density at radius 1 is 1.35 bits per heavy atom. The first-order valence-electron chi connectivity index (χ1n) is 9.32. The van der Waals surface area contributed by atoms with Crippen molar-refractivity contribution in [1.29, 1.82) is 0 Å². The predicted octanol–water partition coefficient (Wildman–Crippen LogP) is 3.12. The average Bonchev–Trinajstić information content (AvgIpc) is 3.22. The Morgan fingerprint density at radius 2 is 2.12 bits per heavy atom. The van der Waals surface area contributed by atoms with Gasteiger partial charge in [0.25, 0.3) is 0 Å². The van der Waals surface area contributed by atoms with Crippen LogP contribution < -0.4 is 4.74 Å². The van der Waals surface area contributed by atoms with Gasteiger partial charge in [-0.3, -0.25) is 0 Å². The zero-order valence-corrected chi connectivity index (χ0v) is 15.4. The quantitative estimate of drug-likeness (QED) is 0.788. The van der Waals surface area contributed by atoms with Gasteiger partial charge >= 0.3 is 5.97 Å². The summed E-state index contributed by atoms with van der Waals surface area (Å²) in [5.41, 5.74) is 2.32. The van der Waals surface area contributed by atoms with Gasteiger partial charge in [-0.15, -0.1) is 0 Å². The molecule has 6 heteroatoms. The maximum absolute atomic E-state index is 12.3. The normalized spacial score (nSPS) is 35.0. The lowest BCUT2D eigenvalue weighted by Gasteiger charge is -2.41. The number of rotatable bonds is 4. The average molecular weight is 356 g/mol. The highest BCUT2D eigenvalue weighted by Gasteiger charge is 2.61. The lowest BCUT2D eigenvalue weighted by Crippen LogP contribution is -2.45. The molecule has 2 aliphatic heterocycles. The number of hydrogen-bond acceptors (Lipinski definition) is 5. The maximum atomic E-state index is 12.3. The molecule has 4 fully saturated rings. The molecule has 2 aromatic rings. The number of hydrogen-bond donors (Lipinski definition) is 0. The summed E-state index contributed by atoms with van der Waals surface area (Å²) in [5, 5.41) is 0. The predicted molar refractivity (Wildman–Crippen MR) is 94.6 cm³/mol. The highest BCUT2D eigenvalue weighted by molar-refractivity contribution is 5.92. The molecule has 2 bridgehead atoms. The van der Waals surface area contributed by atoms with Crippen molar-refractivity contribution < 1.29 is 19.0 Å². The van der Waals surface area contributed by atoms with Crippen molar-refractivity contribution in [3.8, 4) is 5.75 Å². The lowest BCUT2D eigenvalue weighted by molar-refractivity contribution is 0.0154. The van der Waals surface area contributed by atoms with E-state index in [1.165, 1.54) is 7.11 Å². The van der Waals surface area contributed by atoms with Crippen molar-refractivity contribution in [1.82, 2.24) is 9.38 Å². The zero-order chi connectivity index (χ0) is 18.1. The molecule has 6 nitrogen and oxygen atoms in total. The molecule has 0 N–H and O–H groups in total. The molecule has 0 spiro atoms. The van der Waals surface area contributed by atoms with Crippen LogP contribution in [-0.4, -0.2) is 40.8 Å². The van der Waals surface area contributed by atoms with Crippen LogP contribution in [0.15, 0.2) is 18.5 Å². The summed E-state index contributed by atoms with van der Waals surface area (Å²) in [6.07, 6.45) is 8.02. The summed E-state index contributed by atoms with van der Waals surface area (Å²) in [4.78, 5) is 17.1. The number of fused-ring (bicyclic) bond motifs is 2. The standard InChI is InChI=1S/C20H24N2O4/c1-12-4-13(5-12)26-15-6-17-21-16(20-9-19(2,10-20)25-11-20)8-22(17)7-14(15)18(23)24-3/h6-8,12-13H,4-5,9-11H2,1-3H3. The number of carbonyl (C=O) groups excluding carboxylic acids is 1. The fourth-order valence-electron chi connectivity index (χ4n) is 4.89. The summed E-state index contributed by atoms with van der Waals surface area (Å²) in [6, 6.07) is 1.86. The molecular weight excluding hydrogens is 332 g/mol. The molecule has 2 aliphatic carbocycles. The van der Waals surface area contributed by atoms with Crippen molar-refractivity contribution in [2.45, 2.75) is 56.7 Å². The van der Waals surface area contributed by atoms with Gasteiger partial charge in [-0.25, -0.2) is 9.78 Å². The fourth-order valence-corrected chi connectivity index (χ4v) is 4.89. The van der Waals surface area contributed by atoms with Crippen LogP contribution in [0.4, 0.5) is 0 Å². The van der Waals surface area contributed by atoms with Gasteiger partial charge in [-0.2, -0.15) is 0 Å².